The summed E-state index contributed by atoms with van der Waals surface area (Å²) in [6.07, 6.45) is 9.68. The van der Waals surface area contributed by atoms with Gasteiger partial charge in [-0.15, -0.1) is 0 Å². The second-order valence-electron chi connectivity index (χ2n) is 15.1. The van der Waals surface area contributed by atoms with Gasteiger partial charge in [0, 0.05) is 0 Å². The van der Waals surface area contributed by atoms with Gasteiger partial charge in [0.05, 0.1) is 17.6 Å². The molecule has 9 atom stereocenters. The van der Waals surface area contributed by atoms with Gasteiger partial charge in [-0.3, -0.25) is 4.79 Å². The van der Waals surface area contributed by atoms with E-state index in [2.05, 4.69) is 54.5 Å². The van der Waals surface area contributed by atoms with Crippen molar-refractivity contribution in [2.24, 2.45) is 50.2 Å². The van der Waals surface area contributed by atoms with E-state index in [1.807, 2.05) is 0 Å². The minimum Gasteiger partial charge on any atom is -0.481 e. The van der Waals surface area contributed by atoms with Crippen LogP contribution in [0.15, 0.2) is 11.6 Å². The molecule has 0 saturated heterocycles. The molecule has 4 fully saturated rings. The van der Waals surface area contributed by atoms with E-state index in [0.29, 0.717) is 24.7 Å². The van der Waals surface area contributed by atoms with Crippen LogP contribution in [0.1, 0.15) is 106 Å². The zero-order valence-corrected chi connectivity index (χ0v) is 22.6. The molecule has 0 bridgehead atoms. The van der Waals surface area contributed by atoms with Crippen LogP contribution in [0.2, 0.25) is 0 Å². The van der Waals surface area contributed by atoms with Crippen molar-refractivity contribution >= 4 is 5.97 Å². The average molecular weight is 473 g/mol. The molecule has 0 radical (unpaired) electrons. The average Bonchev–Trinajstić information content (AvgIpc) is 2.72. The van der Waals surface area contributed by atoms with Crippen molar-refractivity contribution in [3.05, 3.63) is 11.6 Å². The summed E-state index contributed by atoms with van der Waals surface area (Å²) in [5.41, 5.74) is 0.558. The van der Waals surface area contributed by atoms with E-state index in [-0.39, 0.29) is 39.1 Å². The van der Waals surface area contributed by atoms with Crippen LogP contribution < -0.4 is 0 Å². The zero-order chi connectivity index (χ0) is 25.1. The van der Waals surface area contributed by atoms with Crippen molar-refractivity contribution in [3.8, 4) is 0 Å². The molecule has 4 heteroatoms. The van der Waals surface area contributed by atoms with Crippen LogP contribution in [0.5, 0.6) is 0 Å². The van der Waals surface area contributed by atoms with Crippen molar-refractivity contribution in [3.63, 3.8) is 0 Å². The summed E-state index contributed by atoms with van der Waals surface area (Å²) in [6.45, 7) is 16.3. The molecular formula is C30H48O4. The van der Waals surface area contributed by atoms with Crippen molar-refractivity contribution in [1.82, 2.24) is 0 Å². The Kier molecular flexibility index (Phi) is 5.20. The highest BCUT2D eigenvalue weighted by Crippen LogP contribution is 2.75. The van der Waals surface area contributed by atoms with Crippen molar-refractivity contribution in [2.75, 3.05) is 0 Å². The molecule has 0 aromatic heterocycles. The van der Waals surface area contributed by atoms with Crippen LogP contribution in [-0.4, -0.2) is 33.5 Å². The van der Waals surface area contributed by atoms with Gasteiger partial charge in [0.2, 0.25) is 0 Å². The summed E-state index contributed by atoms with van der Waals surface area (Å²) in [5, 5.41) is 32.3. The number of aliphatic hydroxyl groups excluding tert-OH is 2. The lowest BCUT2D eigenvalue weighted by atomic mass is 9.33. The van der Waals surface area contributed by atoms with Crippen LogP contribution in [-0.2, 0) is 4.79 Å². The number of allylic oxidation sites excluding steroid dienone is 2. The van der Waals surface area contributed by atoms with Gasteiger partial charge in [-0.05, 0) is 103 Å². The third-order valence-electron chi connectivity index (χ3n) is 13.2. The summed E-state index contributed by atoms with van der Waals surface area (Å²) >= 11 is 0. The number of carbonyl (C=O) groups is 1. The molecule has 4 nitrogen and oxygen atoms in total. The fourth-order valence-electron chi connectivity index (χ4n) is 10.6. The maximum absolute atomic E-state index is 12.8. The molecule has 34 heavy (non-hydrogen) atoms. The fourth-order valence-corrected chi connectivity index (χ4v) is 10.6. The molecule has 0 aromatic rings. The highest BCUT2D eigenvalue weighted by atomic mass is 16.4. The predicted octanol–water partition coefficient (Wildman–Crippen LogP) is 6.20. The second-order valence-corrected chi connectivity index (χ2v) is 15.1. The molecule has 3 N–H and O–H groups in total. The molecular weight excluding hydrogens is 424 g/mol. The minimum absolute atomic E-state index is 0.00785. The molecule has 0 spiro atoms. The third kappa shape index (κ3) is 2.82. The second kappa shape index (κ2) is 7.12. The molecule has 0 unspecified atom stereocenters. The first-order chi connectivity index (χ1) is 15.6. The number of aliphatic carboxylic acids is 1. The van der Waals surface area contributed by atoms with Crippen LogP contribution in [0, 0.1) is 50.2 Å². The van der Waals surface area contributed by atoms with E-state index in [4.69, 9.17) is 0 Å². The van der Waals surface area contributed by atoms with Crippen LogP contribution >= 0.6 is 0 Å². The number of carboxylic acids is 1. The van der Waals surface area contributed by atoms with Gasteiger partial charge >= 0.3 is 5.97 Å². The molecule has 4 saturated carbocycles. The summed E-state index contributed by atoms with van der Waals surface area (Å²) in [5.74, 6) is 0.376. The number of hydrogen-bond donors (Lipinski definition) is 3. The van der Waals surface area contributed by atoms with Crippen LogP contribution in [0.4, 0.5) is 0 Å². The Balaban J connectivity index is 1.60. The Morgan fingerprint density at radius 2 is 1.53 bits per heavy atom. The molecule has 0 amide bonds. The maximum Gasteiger partial charge on any atom is 0.310 e. The van der Waals surface area contributed by atoms with E-state index in [1.165, 1.54) is 5.57 Å². The highest BCUT2D eigenvalue weighted by Gasteiger charge is 2.69. The summed E-state index contributed by atoms with van der Waals surface area (Å²) in [6, 6.07) is 0. The lowest BCUT2D eigenvalue weighted by Crippen LogP contribution is -2.65. The Morgan fingerprint density at radius 1 is 0.853 bits per heavy atom. The molecule has 0 aromatic carbocycles. The summed E-state index contributed by atoms with van der Waals surface area (Å²) in [4.78, 5) is 12.8. The lowest BCUT2D eigenvalue weighted by molar-refractivity contribution is -0.208. The smallest absolute Gasteiger partial charge is 0.310 e. The first-order valence-corrected chi connectivity index (χ1v) is 13.9. The maximum atomic E-state index is 12.8. The van der Waals surface area contributed by atoms with E-state index in [9.17, 15) is 20.1 Å². The number of aliphatic hydroxyl groups is 2. The van der Waals surface area contributed by atoms with Gasteiger partial charge < -0.3 is 15.3 Å². The van der Waals surface area contributed by atoms with Gasteiger partial charge in [0.15, 0.2) is 0 Å². The molecule has 5 rings (SSSR count). The van der Waals surface area contributed by atoms with Crippen molar-refractivity contribution in [2.45, 2.75) is 118 Å². The van der Waals surface area contributed by atoms with Gasteiger partial charge in [-0.1, -0.05) is 60.1 Å². The first kappa shape index (κ1) is 24.8. The standard InChI is InChI=1S/C30H48O4/c1-25(2)16-19-18-8-9-21-27(5)12-11-22(31)26(3,4)20(27)10-13-29(21,7)28(18,6)14-15-30(19,24(33)34)17-23(25)32/h8,19-23,31-32H,9-17H2,1-7H3,(H,33,34)/t19-,20+,21-,22+,23+,27+,28-,29-,30+/m1/s1. The predicted molar refractivity (Wildman–Crippen MR) is 134 cm³/mol. The summed E-state index contributed by atoms with van der Waals surface area (Å²) in [7, 11) is 0. The van der Waals surface area contributed by atoms with Gasteiger partial charge in [0.1, 0.15) is 0 Å². The molecule has 5 aliphatic rings. The van der Waals surface area contributed by atoms with Crippen molar-refractivity contribution in [1.29, 1.82) is 0 Å². The quantitative estimate of drug-likeness (QED) is 0.397. The molecule has 0 aliphatic heterocycles. The van der Waals surface area contributed by atoms with Crippen molar-refractivity contribution < 1.29 is 20.1 Å². The van der Waals surface area contributed by atoms with Gasteiger partial charge in [-0.25, -0.2) is 0 Å². The van der Waals surface area contributed by atoms with Crippen LogP contribution in [0.25, 0.3) is 0 Å². The van der Waals surface area contributed by atoms with Crippen LogP contribution in [0.3, 0.4) is 0 Å². The zero-order valence-electron chi connectivity index (χ0n) is 22.6. The third-order valence-corrected chi connectivity index (χ3v) is 13.2. The lowest BCUT2D eigenvalue weighted by Gasteiger charge is -2.71. The Morgan fingerprint density at radius 3 is 2.18 bits per heavy atom. The number of carboxylic acid groups (broad SMARTS) is 1. The summed E-state index contributed by atoms with van der Waals surface area (Å²) < 4.78 is 0. The molecule has 5 aliphatic carbocycles. The van der Waals surface area contributed by atoms with E-state index in [0.717, 1.165) is 44.9 Å². The largest absolute Gasteiger partial charge is 0.481 e. The minimum atomic E-state index is -0.832. The van der Waals surface area contributed by atoms with Gasteiger partial charge in [-0.2, -0.15) is 0 Å². The highest BCUT2D eigenvalue weighted by molar-refractivity contribution is 5.77. The number of rotatable bonds is 1. The molecule has 192 valence electrons. The Hall–Kier alpha value is -0.870. The normalized spacial score (nSPS) is 53.4. The number of hydrogen-bond acceptors (Lipinski definition) is 3. The van der Waals surface area contributed by atoms with E-state index >= 15 is 0 Å². The van der Waals surface area contributed by atoms with E-state index in [1.54, 1.807) is 0 Å². The SMILES string of the molecule is CC1(C)C[C@@H]2C3=CC[C@@H]4[C@@]5(C)CC[C@H](O)C(C)(C)[C@@H]5CC[C@@]4(C)[C@]3(C)CC[C@]2(C(=O)O)C[C@@H]1O. The number of fused-ring (bicyclic) bond motifs is 7. The van der Waals surface area contributed by atoms with E-state index < -0.39 is 17.5 Å². The Bertz CT molecular complexity index is 919. The van der Waals surface area contributed by atoms with Gasteiger partial charge in [0.25, 0.3) is 0 Å². The topological polar surface area (TPSA) is 77.8 Å². The first-order valence-electron chi connectivity index (χ1n) is 13.9. The fraction of sp³-hybridized carbons (Fsp3) is 0.900. The Labute approximate surface area is 206 Å². The molecule has 0 heterocycles. The monoisotopic (exact) mass is 472 g/mol.